The molecule has 18 heavy (non-hydrogen) atoms. The van der Waals surface area contributed by atoms with Gasteiger partial charge in [0.2, 0.25) is 0 Å². The van der Waals surface area contributed by atoms with Crippen LogP contribution in [0.15, 0.2) is 0 Å². The van der Waals surface area contributed by atoms with E-state index in [0.29, 0.717) is 11.5 Å². The van der Waals surface area contributed by atoms with Gasteiger partial charge in [0.15, 0.2) is 0 Å². The van der Waals surface area contributed by atoms with Crippen LogP contribution in [0, 0.1) is 5.41 Å². The zero-order valence-electron chi connectivity index (χ0n) is 12.1. The van der Waals surface area contributed by atoms with E-state index in [1.807, 2.05) is 20.8 Å². The molecule has 0 saturated heterocycles. The minimum Gasteiger partial charge on any atom is -0.444 e. The molecule has 0 aliphatic heterocycles. The van der Waals surface area contributed by atoms with Gasteiger partial charge >= 0.3 is 6.09 Å². The van der Waals surface area contributed by atoms with Gasteiger partial charge in [-0.1, -0.05) is 25.7 Å². The fraction of sp³-hybridized carbons (Fsp3) is 0.933. The Bertz CT molecular complexity index is 300. The van der Waals surface area contributed by atoms with Crippen molar-refractivity contribution in [2.24, 2.45) is 5.41 Å². The molecule has 1 spiro atoms. The Morgan fingerprint density at radius 2 is 1.72 bits per heavy atom. The highest BCUT2D eigenvalue weighted by atomic mass is 16.6. The molecule has 1 unspecified atom stereocenters. The molecule has 2 fully saturated rings. The average molecular weight is 253 g/mol. The van der Waals surface area contributed by atoms with Crippen molar-refractivity contribution in [3.63, 3.8) is 0 Å². The van der Waals surface area contributed by atoms with E-state index in [1.165, 1.54) is 44.9 Å². The molecule has 2 aliphatic carbocycles. The summed E-state index contributed by atoms with van der Waals surface area (Å²) in [7, 11) is 0. The number of ether oxygens (including phenoxy) is 1. The van der Waals surface area contributed by atoms with Crippen LogP contribution in [0.3, 0.4) is 0 Å². The molecule has 2 rings (SSSR count). The smallest absolute Gasteiger partial charge is 0.407 e. The Balaban J connectivity index is 1.93. The van der Waals surface area contributed by atoms with E-state index >= 15 is 0 Å². The van der Waals surface area contributed by atoms with Crippen molar-refractivity contribution in [1.29, 1.82) is 0 Å². The maximum absolute atomic E-state index is 11.9. The van der Waals surface area contributed by atoms with Crippen LogP contribution in [0.1, 0.15) is 72.1 Å². The summed E-state index contributed by atoms with van der Waals surface area (Å²) in [4.78, 5) is 11.9. The molecule has 1 N–H and O–H groups in total. The quantitative estimate of drug-likeness (QED) is 0.766. The summed E-state index contributed by atoms with van der Waals surface area (Å²) in [6.07, 6.45) is 10.0. The Kier molecular flexibility index (Phi) is 3.88. The van der Waals surface area contributed by atoms with Gasteiger partial charge in [0.1, 0.15) is 5.60 Å². The molecule has 0 aromatic heterocycles. The summed E-state index contributed by atoms with van der Waals surface area (Å²) in [5.41, 5.74) is -0.0163. The monoisotopic (exact) mass is 253 g/mol. The molecular weight excluding hydrogens is 226 g/mol. The maximum atomic E-state index is 11.9. The Morgan fingerprint density at radius 1 is 1.11 bits per heavy atom. The highest BCUT2D eigenvalue weighted by Gasteiger charge is 2.44. The van der Waals surface area contributed by atoms with Crippen molar-refractivity contribution < 1.29 is 9.53 Å². The lowest BCUT2D eigenvalue weighted by Crippen LogP contribution is -2.47. The fourth-order valence-corrected chi connectivity index (χ4v) is 3.67. The average Bonchev–Trinajstić information content (AvgIpc) is 2.60. The van der Waals surface area contributed by atoms with Gasteiger partial charge in [-0.05, 0) is 51.9 Å². The Hall–Kier alpha value is -0.730. The van der Waals surface area contributed by atoms with E-state index < -0.39 is 5.60 Å². The molecule has 0 bridgehead atoms. The molecule has 3 nitrogen and oxygen atoms in total. The first-order chi connectivity index (χ1) is 8.41. The summed E-state index contributed by atoms with van der Waals surface area (Å²) in [6.45, 7) is 5.74. The van der Waals surface area contributed by atoms with Crippen LogP contribution in [0.25, 0.3) is 0 Å². The summed E-state index contributed by atoms with van der Waals surface area (Å²) in [6, 6.07) is 0.340. The van der Waals surface area contributed by atoms with Gasteiger partial charge in [0.05, 0.1) is 0 Å². The molecule has 1 amide bonds. The van der Waals surface area contributed by atoms with Crippen LogP contribution in [0.5, 0.6) is 0 Å². The highest BCUT2D eigenvalue weighted by molar-refractivity contribution is 5.68. The van der Waals surface area contributed by atoms with Gasteiger partial charge in [-0.2, -0.15) is 0 Å². The number of amides is 1. The van der Waals surface area contributed by atoms with Crippen molar-refractivity contribution in [2.75, 3.05) is 0 Å². The molecule has 0 aromatic carbocycles. The lowest BCUT2D eigenvalue weighted by Gasteiger charge is -2.39. The Labute approximate surface area is 111 Å². The first-order valence-electron chi connectivity index (χ1n) is 7.41. The first-order valence-corrected chi connectivity index (χ1v) is 7.41. The molecule has 0 radical (unpaired) electrons. The van der Waals surface area contributed by atoms with Crippen molar-refractivity contribution in [3.05, 3.63) is 0 Å². The number of hydrogen-bond acceptors (Lipinski definition) is 2. The maximum Gasteiger partial charge on any atom is 0.407 e. The summed E-state index contributed by atoms with van der Waals surface area (Å²) in [5.74, 6) is 0. The zero-order valence-corrected chi connectivity index (χ0v) is 12.1. The van der Waals surface area contributed by atoms with Gasteiger partial charge in [0, 0.05) is 6.04 Å². The largest absolute Gasteiger partial charge is 0.444 e. The van der Waals surface area contributed by atoms with Crippen LogP contribution in [-0.4, -0.2) is 17.7 Å². The lowest BCUT2D eigenvalue weighted by molar-refractivity contribution is 0.0431. The number of rotatable bonds is 1. The second kappa shape index (κ2) is 5.10. The minimum atomic E-state index is -0.400. The van der Waals surface area contributed by atoms with E-state index in [2.05, 4.69) is 5.32 Å². The summed E-state index contributed by atoms with van der Waals surface area (Å²) in [5, 5.41) is 3.13. The highest BCUT2D eigenvalue weighted by Crippen LogP contribution is 2.49. The van der Waals surface area contributed by atoms with Gasteiger partial charge in [-0.25, -0.2) is 4.79 Å². The number of hydrogen-bond donors (Lipinski definition) is 1. The topological polar surface area (TPSA) is 38.3 Å². The SMILES string of the molecule is CC(C)(C)OC(=O)NC1CCCC12CCCCC2. The normalized spacial score (nSPS) is 27.2. The van der Waals surface area contributed by atoms with Crippen molar-refractivity contribution in [3.8, 4) is 0 Å². The first kappa shape index (κ1) is 13.7. The minimum absolute atomic E-state index is 0.237. The lowest BCUT2D eigenvalue weighted by atomic mass is 9.70. The van der Waals surface area contributed by atoms with E-state index in [1.54, 1.807) is 0 Å². The molecule has 2 saturated carbocycles. The molecular formula is C15H27NO2. The van der Waals surface area contributed by atoms with Gasteiger partial charge in [0.25, 0.3) is 0 Å². The third-order valence-corrected chi connectivity index (χ3v) is 4.45. The van der Waals surface area contributed by atoms with Gasteiger partial charge in [-0.3, -0.25) is 0 Å². The molecule has 104 valence electrons. The molecule has 3 heteroatoms. The van der Waals surface area contributed by atoms with E-state index in [4.69, 9.17) is 4.74 Å². The number of alkyl carbamates (subject to hydrolysis) is 1. The van der Waals surface area contributed by atoms with Gasteiger partial charge in [-0.15, -0.1) is 0 Å². The van der Waals surface area contributed by atoms with Crippen LogP contribution in [0.4, 0.5) is 4.79 Å². The molecule has 0 heterocycles. The molecule has 2 aliphatic rings. The standard InChI is InChI=1S/C15H27NO2/c1-14(2,3)18-13(17)16-12-8-7-11-15(12)9-5-4-6-10-15/h12H,4-11H2,1-3H3,(H,16,17). The zero-order chi connectivity index (χ0) is 13.2. The van der Waals surface area contributed by atoms with Crippen LogP contribution < -0.4 is 5.32 Å². The number of carbonyl (C=O) groups excluding carboxylic acids is 1. The molecule has 1 atom stereocenters. The summed E-state index contributed by atoms with van der Waals surface area (Å²) >= 11 is 0. The third kappa shape index (κ3) is 3.18. The fourth-order valence-electron chi connectivity index (χ4n) is 3.67. The van der Waals surface area contributed by atoms with Crippen LogP contribution in [0.2, 0.25) is 0 Å². The van der Waals surface area contributed by atoms with Gasteiger partial charge < -0.3 is 10.1 Å². The third-order valence-electron chi connectivity index (χ3n) is 4.45. The second-order valence-corrected chi connectivity index (χ2v) is 7.01. The number of nitrogens with one attached hydrogen (secondary N) is 1. The predicted octanol–water partition coefficient (Wildman–Crippen LogP) is 4.01. The van der Waals surface area contributed by atoms with E-state index in [0.717, 1.165) is 6.42 Å². The van der Waals surface area contributed by atoms with Crippen molar-refractivity contribution in [2.45, 2.75) is 83.8 Å². The molecule has 0 aromatic rings. The second-order valence-electron chi connectivity index (χ2n) is 7.01. The van der Waals surface area contributed by atoms with E-state index in [-0.39, 0.29) is 6.09 Å². The van der Waals surface area contributed by atoms with Crippen LogP contribution >= 0.6 is 0 Å². The van der Waals surface area contributed by atoms with Crippen molar-refractivity contribution >= 4 is 6.09 Å². The Morgan fingerprint density at radius 3 is 2.33 bits per heavy atom. The van der Waals surface area contributed by atoms with Crippen LogP contribution in [-0.2, 0) is 4.74 Å². The van der Waals surface area contributed by atoms with Crippen molar-refractivity contribution in [1.82, 2.24) is 5.32 Å². The van der Waals surface area contributed by atoms with E-state index in [9.17, 15) is 4.79 Å². The number of carbonyl (C=O) groups is 1. The summed E-state index contributed by atoms with van der Waals surface area (Å²) < 4.78 is 5.38. The predicted molar refractivity (Wildman–Crippen MR) is 72.5 cm³/mol.